The van der Waals surface area contributed by atoms with Crippen LogP contribution in [-0.4, -0.2) is 39.0 Å². The van der Waals surface area contributed by atoms with Gasteiger partial charge in [-0.2, -0.15) is 0 Å². The maximum absolute atomic E-state index is 13.9. The quantitative estimate of drug-likeness (QED) is 0.0847. The summed E-state index contributed by atoms with van der Waals surface area (Å²) in [5.41, 5.74) is 4.72. The monoisotopic (exact) mass is 830 g/mol. The molecule has 0 atom stereocenters. The van der Waals surface area contributed by atoms with Crippen molar-refractivity contribution in [3.8, 4) is 0 Å². The first-order valence-corrected chi connectivity index (χ1v) is 20.6. The van der Waals surface area contributed by atoms with Crippen LogP contribution in [-0.2, 0) is 45.7 Å². The van der Waals surface area contributed by atoms with Gasteiger partial charge in [0.15, 0.2) is 4.90 Å². The fourth-order valence-electron chi connectivity index (χ4n) is 5.86. The van der Waals surface area contributed by atoms with Gasteiger partial charge in [-0.1, -0.05) is 72.8 Å². The number of anilines is 2. The molecule has 6 rings (SSSR count). The lowest BCUT2D eigenvalue weighted by Gasteiger charge is -2.14. The lowest BCUT2D eigenvalue weighted by atomic mass is 10.0. The Hall–Kier alpha value is -6.45. The lowest BCUT2D eigenvalue weighted by Crippen LogP contribution is -2.17. The minimum atomic E-state index is -4.46. The van der Waals surface area contributed by atoms with Gasteiger partial charge in [-0.3, -0.25) is 9.44 Å². The van der Waals surface area contributed by atoms with Gasteiger partial charge in [-0.15, -0.1) is 0 Å². The molecule has 0 saturated heterocycles. The minimum absolute atomic E-state index is 0.100. The van der Waals surface area contributed by atoms with Gasteiger partial charge in [0.2, 0.25) is 0 Å². The maximum Gasteiger partial charge on any atom is 0.335 e. The van der Waals surface area contributed by atoms with Crippen LogP contribution < -0.4 is 9.44 Å². The Morgan fingerprint density at radius 3 is 1.41 bits per heavy atom. The molecule has 0 saturated carbocycles. The first-order valence-electron chi connectivity index (χ1n) is 17.6. The third kappa shape index (κ3) is 11.1. The second kappa shape index (κ2) is 18.7. The average Bonchev–Trinajstić information content (AvgIpc) is 3.18. The van der Waals surface area contributed by atoms with Crippen molar-refractivity contribution in [2.24, 2.45) is 0 Å². The number of sulfonamides is 2. The Bertz CT molecular complexity index is 2640. The smallest absolute Gasteiger partial charge is 0.335 e. The van der Waals surface area contributed by atoms with E-state index in [-0.39, 0.29) is 21.7 Å². The number of carbonyl (C=O) groups is 2. The number of benzene rings is 6. The Morgan fingerprint density at radius 1 is 0.534 bits per heavy atom. The first kappa shape index (κ1) is 42.7. The Morgan fingerprint density at radius 2 is 0.966 bits per heavy atom. The van der Waals surface area contributed by atoms with Crippen molar-refractivity contribution in [1.82, 2.24) is 0 Å². The highest BCUT2D eigenvalue weighted by Crippen LogP contribution is 2.26. The number of para-hydroxylation sites is 2. The maximum atomic E-state index is 13.9. The Kier molecular flexibility index (Phi) is 13.7. The van der Waals surface area contributed by atoms with Crippen molar-refractivity contribution in [2.45, 2.75) is 42.4 Å². The number of halogens is 3. The molecule has 0 aliphatic carbocycles. The molecule has 0 aliphatic heterocycles. The Balaban J connectivity index is 0.000000221. The molecule has 0 aromatic heterocycles. The van der Waals surface area contributed by atoms with Crippen LogP contribution in [0.4, 0.5) is 24.5 Å². The molecule has 300 valence electrons. The molecule has 0 spiro atoms. The fraction of sp³-hybridized carbons (Fsp3) is 0.116. The number of aryl methyl sites for hydroxylation is 5. The van der Waals surface area contributed by atoms with Crippen molar-refractivity contribution in [3.63, 3.8) is 0 Å². The van der Waals surface area contributed by atoms with Crippen molar-refractivity contribution in [1.29, 1.82) is 0 Å². The van der Waals surface area contributed by atoms with E-state index in [1.807, 2.05) is 12.1 Å². The highest BCUT2D eigenvalue weighted by atomic mass is 32.2. The van der Waals surface area contributed by atoms with Crippen molar-refractivity contribution in [2.75, 3.05) is 9.44 Å². The van der Waals surface area contributed by atoms with Gasteiger partial charge < -0.3 is 10.2 Å². The standard InChI is InChI=1S/C22H20FNO4S.C21H17F2NO4S/c1-15-6-13-19(23)14-21(15)29(27,28)24-20-5-3-2-4-17(20)10-7-16-8-11-18(12-9-16)22(25)26;22-17-5-3-6-18(23)20(17)29(27,28)24-19-7-2-1-4-15(19)11-8-14-9-12-16(13-10-14)21(25)26/h2-6,8-9,11-14,24H,7,10H2,1H3,(H,25,26);1-7,9-10,12-13,24H,8,11H2,(H,25,26). The summed E-state index contributed by atoms with van der Waals surface area (Å²) in [4.78, 5) is 20.7. The molecule has 58 heavy (non-hydrogen) atoms. The van der Waals surface area contributed by atoms with Crippen LogP contribution >= 0.6 is 0 Å². The molecule has 6 aromatic carbocycles. The second-order valence-corrected chi connectivity index (χ2v) is 16.3. The van der Waals surface area contributed by atoms with Gasteiger partial charge in [-0.25, -0.2) is 39.6 Å². The summed E-state index contributed by atoms with van der Waals surface area (Å²) in [5.74, 6) is -4.96. The molecular weight excluding hydrogens is 794 g/mol. The second-order valence-electron chi connectivity index (χ2n) is 13.0. The summed E-state index contributed by atoms with van der Waals surface area (Å²) in [5, 5.41) is 17.9. The molecule has 0 fully saturated rings. The normalized spacial score (nSPS) is 11.2. The number of carboxylic acid groups (broad SMARTS) is 2. The zero-order valence-electron chi connectivity index (χ0n) is 30.8. The van der Waals surface area contributed by atoms with Crippen LogP contribution in [0.15, 0.2) is 143 Å². The predicted octanol–water partition coefficient (Wildman–Crippen LogP) is 8.67. The van der Waals surface area contributed by atoms with Crippen molar-refractivity contribution in [3.05, 3.63) is 190 Å². The molecule has 4 N–H and O–H groups in total. The Labute approximate surface area is 333 Å². The van der Waals surface area contributed by atoms with Crippen LogP contribution in [0.1, 0.15) is 48.5 Å². The van der Waals surface area contributed by atoms with E-state index in [2.05, 4.69) is 9.44 Å². The zero-order chi connectivity index (χ0) is 42.0. The number of nitrogens with one attached hydrogen (secondary N) is 2. The van der Waals surface area contributed by atoms with Crippen LogP contribution in [0.25, 0.3) is 0 Å². The average molecular weight is 831 g/mol. The van der Waals surface area contributed by atoms with Crippen LogP contribution in [0.5, 0.6) is 0 Å². The molecule has 0 bridgehead atoms. The van der Waals surface area contributed by atoms with Crippen LogP contribution in [0.3, 0.4) is 0 Å². The number of hydrogen-bond acceptors (Lipinski definition) is 6. The lowest BCUT2D eigenvalue weighted by molar-refractivity contribution is 0.0686. The van der Waals surface area contributed by atoms with E-state index in [9.17, 15) is 39.6 Å². The molecule has 0 amide bonds. The number of carboxylic acids is 2. The summed E-state index contributed by atoms with van der Waals surface area (Å²) < 4.78 is 96.8. The van der Waals surface area contributed by atoms with E-state index in [0.29, 0.717) is 42.5 Å². The van der Waals surface area contributed by atoms with E-state index in [0.717, 1.165) is 41.0 Å². The van der Waals surface area contributed by atoms with E-state index >= 15 is 0 Å². The number of hydrogen-bond donors (Lipinski definition) is 4. The van der Waals surface area contributed by atoms with Crippen molar-refractivity contribution < 1.29 is 49.8 Å². The fourth-order valence-corrected chi connectivity index (χ4v) is 8.46. The van der Waals surface area contributed by atoms with Gasteiger partial charge in [0.1, 0.15) is 17.5 Å². The molecule has 6 aromatic rings. The first-order chi connectivity index (χ1) is 27.5. The number of aromatic carboxylic acids is 2. The van der Waals surface area contributed by atoms with Crippen LogP contribution in [0.2, 0.25) is 0 Å². The van der Waals surface area contributed by atoms with Crippen molar-refractivity contribution >= 4 is 43.4 Å². The number of rotatable bonds is 14. The summed E-state index contributed by atoms with van der Waals surface area (Å²) in [7, 11) is -8.40. The summed E-state index contributed by atoms with van der Waals surface area (Å²) in [6.45, 7) is 1.61. The molecule has 0 aliphatic rings. The topological polar surface area (TPSA) is 167 Å². The van der Waals surface area contributed by atoms with E-state index in [1.165, 1.54) is 30.3 Å². The van der Waals surface area contributed by atoms with Gasteiger partial charge in [0.25, 0.3) is 20.0 Å². The summed E-state index contributed by atoms with van der Waals surface area (Å²) in [6.07, 6.45) is 2.11. The SMILES string of the molecule is Cc1ccc(F)cc1S(=O)(=O)Nc1ccccc1CCc1ccc(C(=O)O)cc1.O=C(O)c1ccc(CCc2ccccc2NS(=O)(=O)c2c(F)cccc2F)cc1. The summed E-state index contributed by atoms with van der Waals surface area (Å²) >= 11 is 0. The van der Waals surface area contributed by atoms with Gasteiger partial charge >= 0.3 is 11.9 Å². The molecule has 0 heterocycles. The van der Waals surface area contributed by atoms with Gasteiger partial charge in [0, 0.05) is 0 Å². The molecule has 0 radical (unpaired) electrons. The largest absolute Gasteiger partial charge is 0.478 e. The molecular formula is C43H37F3N2O8S2. The van der Waals surface area contributed by atoms with Gasteiger partial charge in [-0.05, 0) is 121 Å². The molecule has 0 unspecified atom stereocenters. The third-order valence-corrected chi connectivity index (χ3v) is 11.8. The third-order valence-electron chi connectivity index (χ3n) is 8.92. The highest BCUT2D eigenvalue weighted by Gasteiger charge is 2.25. The molecule has 10 nitrogen and oxygen atoms in total. The van der Waals surface area contributed by atoms with Gasteiger partial charge in [0.05, 0.1) is 27.4 Å². The van der Waals surface area contributed by atoms with E-state index in [1.54, 1.807) is 73.7 Å². The zero-order valence-corrected chi connectivity index (χ0v) is 32.5. The van der Waals surface area contributed by atoms with E-state index in [4.69, 9.17) is 10.2 Å². The predicted molar refractivity (Wildman–Crippen MR) is 214 cm³/mol. The summed E-state index contributed by atoms with van der Waals surface area (Å²) in [6, 6.07) is 33.0. The van der Waals surface area contributed by atoms with E-state index < -0.39 is 54.3 Å². The van der Waals surface area contributed by atoms with Crippen LogP contribution in [0, 0.1) is 24.4 Å². The minimum Gasteiger partial charge on any atom is -0.478 e. The molecule has 15 heteroatoms. The highest BCUT2D eigenvalue weighted by molar-refractivity contribution is 7.93.